The second-order valence-electron chi connectivity index (χ2n) is 22.9. The number of hydrogen-bond acceptors (Lipinski definition) is 16. The van der Waals surface area contributed by atoms with Crippen molar-refractivity contribution in [3.05, 3.63) is 107 Å². The van der Waals surface area contributed by atoms with Crippen molar-refractivity contribution in [2.45, 2.75) is 155 Å². The number of hydrogen-bond donors (Lipinski definition) is 6. The Morgan fingerprint density at radius 2 is 1.25 bits per heavy atom. The summed E-state index contributed by atoms with van der Waals surface area (Å²) in [5.41, 5.74) is -0.635. The number of methoxy groups -OCH3 is 1. The maximum atomic E-state index is 15.3. The number of aliphatic hydroxyl groups is 1. The fourth-order valence-corrected chi connectivity index (χ4v) is 8.55. The molecule has 4 aromatic carbocycles. The third kappa shape index (κ3) is 19.7. The highest BCUT2D eigenvalue weighted by Crippen LogP contribution is 2.41. The van der Waals surface area contributed by atoms with Crippen LogP contribution in [0.15, 0.2) is 84.9 Å². The minimum atomic E-state index is -1.80. The topological polar surface area (TPSA) is 293 Å². The summed E-state index contributed by atoms with van der Waals surface area (Å²) in [5.74, 6) is -5.51. The molecule has 6 unspecified atom stereocenters. The van der Waals surface area contributed by atoms with Gasteiger partial charge in [-0.2, -0.15) is 0 Å². The van der Waals surface area contributed by atoms with Gasteiger partial charge in [-0.15, -0.1) is 0 Å². The highest BCUT2D eigenvalue weighted by Gasteiger charge is 2.37. The molecule has 6 amide bonds. The van der Waals surface area contributed by atoms with E-state index >= 15 is 9.59 Å². The van der Waals surface area contributed by atoms with Crippen LogP contribution in [0.1, 0.15) is 123 Å². The van der Waals surface area contributed by atoms with Gasteiger partial charge in [0, 0.05) is 41.7 Å². The van der Waals surface area contributed by atoms with Crippen LogP contribution in [-0.2, 0) is 49.3 Å². The lowest BCUT2D eigenvalue weighted by molar-refractivity contribution is -0.152. The first kappa shape index (κ1) is 65.6. The number of rotatable bonds is 16. The number of alkyl carbamates (subject to hydrolysis) is 1. The number of nitrogens with zero attached hydrogens (tertiary/aromatic N) is 1. The molecule has 1 aliphatic heterocycles. The van der Waals surface area contributed by atoms with E-state index in [9.17, 15) is 38.7 Å². The van der Waals surface area contributed by atoms with Gasteiger partial charge < -0.3 is 65.0 Å². The van der Waals surface area contributed by atoms with Crippen molar-refractivity contribution in [1.29, 1.82) is 0 Å². The molecule has 6 atom stereocenters. The molecule has 4 bridgehead atoms. The lowest BCUT2D eigenvalue weighted by Crippen LogP contribution is -2.57. The van der Waals surface area contributed by atoms with Crippen LogP contribution in [0.3, 0.4) is 0 Å². The minimum absolute atomic E-state index is 0.00822. The van der Waals surface area contributed by atoms with Gasteiger partial charge in [-0.1, -0.05) is 48.0 Å². The number of carbonyl (C=O) groups excluding carboxylic acids is 9. The number of benzene rings is 4. The Labute approximate surface area is 487 Å². The lowest BCUT2D eigenvalue weighted by Gasteiger charge is -2.33. The highest BCUT2D eigenvalue weighted by atomic mass is 35.5. The predicted molar refractivity (Wildman–Crippen MR) is 306 cm³/mol. The molecule has 6 N–H and O–H groups in total. The van der Waals surface area contributed by atoms with E-state index in [2.05, 4.69) is 31.3 Å². The van der Waals surface area contributed by atoms with Gasteiger partial charge in [0.25, 0.3) is 5.91 Å². The minimum Gasteiger partial charge on any atom is -0.467 e. The molecule has 4 aromatic rings. The molecule has 0 radical (unpaired) electrons. The number of unbranched alkanes of at least 4 members (excludes halogenated alkanes) is 1. The van der Waals surface area contributed by atoms with Gasteiger partial charge in [-0.3, -0.25) is 24.0 Å². The second-order valence-corrected chi connectivity index (χ2v) is 23.3. The predicted octanol–water partition coefficient (Wildman–Crippen LogP) is 7.88. The van der Waals surface area contributed by atoms with Gasteiger partial charge in [0.15, 0.2) is 6.10 Å². The Bertz CT molecular complexity index is 3020. The fraction of sp³-hybridized carbons (Fsp3) is 0.450. The molecule has 5 rings (SSSR count). The maximum absolute atomic E-state index is 15.3. The monoisotopic (exact) mass is 1170 g/mol. The van der Waals surface area contributed by atoms with E-state index < -0.39 is 107 Å². The smallest absolute Gasteiger partial charge is 0.467 e. The third-order valence-corrected chi connectivity index (χ3v) is 12.7. The van der Waals surface area contributed by atoms with Crippen molar-refractivity contribution in [2.75, 3.05) is 20.7 Å². The van der Waals surface area contributed by atoms with E-state index in [4.69, 9.17) is 35.3 Å². The number of fused-ring (bicyclic) bond motifs is 5. The van der Waals surface area contributed by atoms with Crippen molar-refractivity contribution >= 4 is 65.5 Å². The third-order valence-electron chi connectivity index (χ3n) is 12.4. The number of ether oxygens (including phenoxy) is 6. The van der Waals surface area contributed by atoms with Crippen molar-refractivity contribution < 1.29 is 76.7 Å². The molecule has 0 saturated carbocycles. The zero-order chi connectivity index (χ0) is 61.7. The molecule has 83 heavy (non-hydrogen) atoms. The second kappa shape index (κ2) is 28.2. The standard InChI is InChI=1S/C60H75ClN6O16/c1-33(48(68)54(74)78-13)63-51(71)44-31-35-17-27-45(79-56(76)82-59(6,7)8)41(30-35)42-32-39(24-28-46(42)80-57(77)83-60(9,10)11)47(52(72)64-34(2)49(69)66-44)67(12)53(73)43(16-14-15-29-62-55(75)81-58(3,4)5)65-50(70)38-20-18-36(19-21-38)37-22-25-40(61)26-23-37/h17-28,30,32-34,43-44,47-48,68H,14-16,29,31H2,1-13H3,(H,62,75)(H,63,71)(H,64,72)(H,65,70)(H,66,69). The van der Waals surface area contributed by atoms with E-state index in [1.165, 1.54) is 57.3 Å². The molecule has 1 aliphatic rings. The summed E-state index contributed by atoms with van der Waals surface area (Å²) in [4.78, 5) is 126. The van der Waals surface area contributed by atoms with Gasteiger partial charge in [-0.05, 0) is 166 Å². The summed E-state index contributed by atoms with van der Waals surface area (Å²) in [5, 5.41) is 24.5. The average molecular weight is 1170 g/mol. The van der Waals surface area contributed by atoms with Crippen molar-refractivity contribution in [1.82, 2.24) is 31.5 Å². The first-order chi connectivity index (χ1) is 38.7. The van der Waals surface area contributed by atoms with Crippen LogP contribution in [0, 0.1) is 0 Å². The summed E-state index contributed by atoms with van der Waals surface area (Å²) in [6.45, 7) is 17.7. The molecular formula is C60H75ClN6O16. The van der Waals surface area contributed by atoms with Gasteiger partial charge in [-0.25, -0.2) is 19.2 Å². The molecule has 0 aliphatic carbocycles. The summed E-state index contributed by atoms with van der Waals surface area (Å²) in [6.07, 6.45) is -4.46. The number of likely N-dealkylation sites (N-methyl/N-ethyl adjacent to an activating group) is 1. The molecule has 22 nitrogen and oxygen atoms in total. The van der Waals surface area contributed by atoms with Crippen molar-refractivity contribution in [3.63, 3.8) is 0 Å². The zero-order valence-electron chi connectivity index (χ0n) is 49.0. The van der Waals surface area contributed by atoms with Crippen LogP contribution in [-0.4, -0.2) is 132 Å². The first-order valence-corrected chi connectivity index (χ1v) is 27.3. The fourth-order valence-electron chi connectivity index (χ4n) is 8.43. The zero-order valence-corrected chi connectivity index (χ0v) is 49.7. The van der Waals surface area contributed by atoms with E-state index in [1.54, 1.807) is 98.7 Å². The number of amides is 6. The Kier molecular flexibility index (Phi) is 22.2. The molecule has 0 saturated heterocycles. The summed E-state index contributed by atoms with van der Waals surface area (Å²) in [6, 6.07) is 15.1. The molecule has 23 heteroatoms. The number of nitrogens with one attached hydrogen (secondary N) is 5. The number of carbonyl (C=O) groups is 9. The van der Waals surface area contributed by atoms with Gasteiger partial charge in [0.05, 0.1) is 13.2 Å². The molecular weight excluding hydrogens is 1100 g/mol. The summed E-state index contributed by atoms with van der Waals surface area (Å²) >= 11 is 6.11. The van der Waals surface area contributed by atoms with Gasteiger partial charge >= 0.3 is 24.4 Å². The quantitative estimate of drug-likeness (QED) is 0.0269. The van der Waals surface area contributed by atoms with Crippen LogP contribution >= 0.6 is 11.6 Å². The number of esters is 1. The van der Waals surface area contributed by atoms with Gasteiger partial charge in [0.1, 0.15) is 52.5 Å². The Hall–Kier alpha value is -8.24. The molecule has 1 heterocycles. The van der Waals surface area contributed by atoms with Crippen molar-refractivity contribution in [3.8, 4) is 33.8 Å². The maximum Gasteiger partial charge on any atom is 0.514 e. The average Bonchev–Trinajstić information content (AvgIpc) is 3.52. The summed E-state index contributed by atoms with van der Waals surface area (Å²) in [7, 11) is 2.37. The van der Waals surface area contributed by atoms with E-state index in [0.717, 1.165) is 23.1 Å². The number of halogens is 1. The first-order valence-electron chi connectivity index (χ1n) is 26.9. The lowest BCUT2D eigenvalue weighted by atomic mass is 9.93. The molecule has 448 valence electrons. The van der Waals surface area contributed by atoms with Crippen LogP contribution in [0.5, 0.6) is 11.5 Å². The summed E-state index contributed by atoms with van der Waals surface area (Å²) < 4.78 is 32.7. The number of aliphatic hydroxyl groups excluding tert-OH is 1. The Morgan fingerprint density at radius 3 is 1.81 bits per heavy atom. The van der Waals surface area contributed by atoms with E-state index in [-0.39, 0.29) is 59.6 Å². The largest absolute Gasteiger partial charge is 0.514 e. The normalized spacial score (nSPS) is 16.6. The highest BCUT2D eigenvalue weighted by molar-refractivity contribution is 6.30. The van der Waals surface area contributed by atoms with Crippen LogP contribution in [0.2, 0.25) is 5.02 Å². The van der Waals surface area contributed by atoms with Crippen LogP contribution in [0.4, 0.5) is 14.4 Å². The van der Waals surface area contributed by atoms with E-state index in [1.807, 2.05) is 12.1 Å². The van der Waals surface area contributed by atoms with E-state index in [0.29, 0.717) is 17.0 Å². The molecule has 0 aromatic heterocycles. The van der Waals surface area contributed by atoms with Crippen molar-refractivity contribution in [2.24, 2.45) is 0 Å². The van der Waals surface area contributed by atoms with Crippen LogP contribution in [0.25, 0.3) is 22.3 Å². The van der Waals surface area contributed by atoms with Gasteiger partial charge in [0.2, 0.25) is 23.6 Å². The Morgan fingerprint density at radius 1 is 0.711 bits per heavy atom. The molecule has 0 spiro atoms. The molecule has 0 fully saturated rings. The van der Waals surface area contributed by atoms with Crippen LogP contribution < -0.4 is 36.1 Å². The Balaban J connectivity index is 1.67. The SMILES string of the molecule is COC(=O)C(O)C(C)NC(=O)C1Cc2ccc(OC(=O)OC(C)(C)C)c(c2)-c2cc(ccc2OC(=O)OC(C)(C)C)C(N(C)C(=O)C(CCCCNC(=O)OC(C)(C)C)NC(=O)c2ccc(-c3ccc(Cl)cc3)cc2)C(=O)NC(C)C(=O)N1.